The van der Waals surface area contributed by atoms with Gasteiger partial charge >= 0.3 is 0 Å². The molecule has 21 heavy (non-hydrogen) atoms. The van der Waals surface area contributed by atoms with E-state index in [0.29, 0.717) is 6.04 Å². The molecule has 0 aliphatic carbocycles. The van der Waals surface area contributed by atoms with Gasteiger partial charge in [-0.1, -0.05) is 0 Å². The van der Waals surface area contributed by atoms with Crippen LogP contribution in [0.3, 0.4) is 0 Å². The van der Waals surface area contributed by atoms with Crippen LogP contribution in [0.5, 0.6) is 0 Å². The maximum atomic E-state index is 5.48. The fraction of sp³-hybridized carbons (Fsp3) is 0.800. The molecular formula is C15H27N5O. The first-order valence-corrected chi connectivity index (χ1v) is 7.96. The van der Waals surface area contributed by atoms with E-state index in [1.807, 2.05) is 4.68 Å². The fourth-order valence-electron chi connectivity index (χ4n) is 3.43. The Kier molecular flexibility index (Phi) is 4.47. The molecule has 1 aromatic rings. The Morgan fingerprint density at radius 2 is 2.05 bits per heavy atom. The van der Waals surface area contributed by atoms with Crippen LogP contribution in [0, 0.1) is 6.92 Å². The Labute approximate surface area is 127 Å². The van der Waals surface area contributed by atoms with Gasteiger partial charge in [-0.3, -0.25) is 9.58 Å². The molecule has 2 fully saturated rings. The molecule has 2 aliphatic rings. The summed E-state index contributed by atoms with van der Waals surface area (Å²) < 4.78 is 7.53. The van der Waals surface area contributed by atoms with Gasteiger partial charge in [0, 0.05) is 57.9 Å². The van der Waals surface area contributed by atoms with Crippen molar-refractivity contribution in [3.63, 3.8) is 0 Å². The molecule has 6 nitrogen and oxygen atoms in total. The third-order valence-electron chi connectivity index (χ3n) is 4.46. The number of hydrogen-bond donors (Lipinski definition) is 1. The monoisotopic (exact) mass is 293 g/mol. The fourth-order valence-corrected chi connectivity index (χ4v) is 3.43. The second-order valence-corrected chi connectivity index (χ2v) is 6.20. The van der Waals surface area contributed by atoms with Crippen molar-refractivity contribution in [3.05, 3.63) is 11.3 Å². The molecule has 0 bridgehead atoms. The summed E-state index contributed by atoms with van der Waals surface area (Å²) in [6.07, 6.45) is 0. The van der Waals surface area contributed by atoms with Crippen molar-refractivity contribution in [1.29, 1.82) is 0 Å². The highest BCUT2D eigenvalue weighted by molar-refractivity contribution is 5.50. The van der Waals surface area contributed by atoms with E-state index >= 15 is 0 Å². The van der Waals surface area contributed by atoms with E-state index in [0.717, 1.165) is 58.2 Å². The minimum Gasteiger partial charge on any atom is -0.378 e. The van der Waals surface area contributed by atoms with Crippen molar-refractivity contribution < 1.29 is 4.74 Å². The molecule has 0 spiro atoms. The molecule has 1 N–H and O–H groups in total. The van der Waals surface area contributed by atoms with Crippen LogP contribution in [-0.2, 0) is 18.3 Å². The topological polar surface area (TPSA) is 45.6 Å². The molecule has 0 radical (unpaired) electrons. The zero-order valence-corrected chi connectivity index (χ0v) is 13.4. The lowest BCUT2D eigenvalue weighted by Crippen LogP contribution is -2.48. The van der Waals surface area contributed by atoms with Gasteiger partial charge in [-0.2, -0.15) is 5.10 Å². The molecule has 2 aliphatic heterocycles. The first-order valence-electron chi connectivity index (χ1n) is 7.96. The minimum atomic E-state index is 0.572. The number of nitrogens with zero attached hydrogens (tertiary/aromatic N) is 4. The number of piperazine rings is 1. The maximum absolute atomic E-state index is 5.48. The van der Waals surface area contributed by atoms with E-state index in [2.05, 4.69) is 41.1 Å². The Morgan fingerprint density at radius 3 is 2.76 bits per heavy atom. The lowest BCUT2D eigenvalue weighted by atomic mass is 10.1. The van der Waals surface area contributed by atoms with Crippen LogP contribution in [0.15, 0.2) is 0 Å². The van der Waals surface area contributed by atoms with Gasteiger partial charge in [0.1, 0.15) is 5.82 Å². The third kappa shape index (κ3) is 3.22. The summed E-state index contributed by atoms with van der Waals surface area (Å²) >= 11 is 0. The van der Waals surface area contributed by atoms with Gasteiger partial charge in [0.15, 0.2) is 0 Å². The summed E-state index contributed by atoms with van der Waals surface area (Å²) in [4.78, 5) is 4.96. The van der Waals surface area contributed by atoms with Crippen molar-refractivity contribution in [3.8, 4) is 0 Å². The highest BCUT2D eigenvalue weighted by Crippen LogP contribution is 2.26. The molecule has 0 amide bonds. The highest BCUT2D eigenvalue weighted by atomic mass is 16.5. The second-order valence-electron chi connectivity index (χ2n) is 6.20. The Bertz CT molecular complexity index is 481. The van der Waals surface area contributed by atoms with Crippen molar-refractivity contribution in [1.82, 2.24) is 20.0 Å². The molecular weight excluding hydrogens is 266 g/mol. The molecule has 118 valence electrons. The standard InChI is InChI=1S/C15H27N5O/c1-12-10-19(5-4-16-12)11-14-13(2)17-18(3)15(14)20-6-8-21-9-7-20/h12,16H,4-11H2,1-3H3/t12-/m1/s1. The summed E-state index contributed by atoms with van der Waals surface area (Å²) in [7, 11) is 2.06. The molecule has 1 aromatic heterocycles. The SMILES string of the molecule is Cc1nn(C)c(N2CCOCC2)c1CN1CCN[C@H](C)C1. The van der Waals surface area contributed by atoms with Crippen molar-refractivity contribution in [2.45, 2.75) is 26.4 Å². The van der Waals surface area contributed by atoms with Crippen molar-refractivity contribution >= 4 is 5.82 Å². The molecule has 0 saturated carbocycles. The lowest BCUT2D eigenvalue weighted by molar-refractivity contribution is 0.122. The van der Waals surface area contributed by atoms with Crippen molar-refractivity contribution in [2.75, 3.05) is 50.8 Å². The summed E-state index contributed by atoms with van der Waals surface area (Å²) in [5.74, 6) is 1.28. The number of aryl methyl sites for hydroxylation is 2. The number of morpholine rings is 1. The molecule has 0 aromatic carbocycles. The zero-order valence-electron chi connectivity index (χ0n) is 13.4. The minimum absolute atomic E-state index is 0.572. The first-order chi connectivity index (χ1) is 10.1. The van der Waals surface area contributed by atoms with Crippen LogP contribution in [0.1, 0.15) is 18.2 Å². The van der Waals surface area contributed by atoms with E-state index in [1.165, 1.54) is 11.4 Å². The zero-order chi connectivity index (χ0) is 14.8. The molecule has 3 rings (SSSR count). The number of rotatable bonds is 3. The molecule has 6 heteroatoms. The molecule has 2 saturated heterocycles. The van der Waals surface area contributed by atoms with Gasteiger partial charge in [0.05, 0.1) is 18.9 Å². The van der Waals surface area contributed by atoms with Crippen LogP contribution in [0.2, 0.25) is 0 Å². The average molecular weight is 293 g/mol. The van der Waals surface area contributed by atoms with Crippen LogP contribution >= 0.6 is 0 Å². The number of aromatic nitrogens is 2. The van der Waals surface area contributed by atoms with Gasteiger partial charge in [-0.05, 0) is 13.8 Å². The smallest absolute Gasteiger partial charge is 0.131 e. The predicted molar refractivity (Wildman–Crippen MR) is 83.7 cm³/mol. The van der Waals surface area contributed by atoms with E-state index in [9.17, 15) is 0 Å². The third-order valence-corrected chi connectivity index (χ3v) is 4.46. The Hall–Kier alpha value is -1.11. The summed E-state index contributed by atoms with van der Waals surface area (Å²) in [5, 5.41) is 8.17. The highest BCUT2D eigenvalue weighted by Gasteiger charge is 2.24. The first kappa shape index (κ1) is 14.8. The van der Waals surface area contributed by atoms with E-state index in [-0.39, 0.29) is 0 Å². The molecule has 1 atom stereocenters. The molecule has 0 unspecified atom stereocenters. The van der Waals surface area contributed by atoms with Crippen LogP contribution in [0.4, 0.5) is 5.82 Å². The van der Waals surface area contributed by atoms with Crippen LogP contribution in [0.25, 0.3) is 0 Å². The largest absolute Gasteiger partial charge is 0.378 e. The number of anilines is 1. The van der Waals surface area contributed by atoms with Gasteiger partial charge in [-0.25, -0.2) is 0 Å². The van der Waals surface area contributed by atoms with E-state index < -0.39 is 0 Å². The summed E-state index contributed by atoms with van der Waals surface area (Å²) in [6.45, 7) is 12.2. The number of nitrogens with one attached hydrogen (secondary N) is 1. The molecule has 3 heterocycles. The van der Waals surface area contributed by atoms with Gasteiger partial charge in [-0.15, -0.1) is 0 Å². The lowest BCUT2D eigenvalue weighted by Gasteiger charge is -2.34. The second kappa shape index (κ2) is 6.34. The quantitative estimate of drug-likeness (QED) is 0.872. The maximum Gasteiger partial charge on any atom is 0.131 e. The van der Waals surface area contributed by atoms with Gasteiger partial charge in [0.25, 0.3) is 0 Å². The Balaban J connectivity index is 1.80. The number of ether oxygens (including phenoxy) is 1. The normalized spacial score (nSPS) is 24.5. The average Bonchev–Trinajstić information content (AvgIpc) is 2.74. The van der Waals surface area contributed by atoms with Crippen LogP contribution in [-0.4, -0.2) is 66.7 Å². The number of hydrogen-bond acceptors (Lipinski definition) is 5. The van der Waals surface area contributed by atoms with Gasteiger partial charge < -0.3 is 15.0 Å². The van der Waals surface area contributed by atoms with Gasteiger partial charge in [0.2, 0.25) is 0 Å². The summed E-state index contributed by atoms with van der Waals surface area (Å²) in [5.41, 5.74) is 2.54. The predicted octanol–water partition coefficient (Wildman–Crippen LogP) is 0.359. The van der Waals surface area contributed by atoms with E-state index in [4.69, 9.17) is 4.74 Å². The van der Waals surface area contributed by atoms with Crippen molar-refractivity contribution in [2.24, 2.45) is 7.05 Å². The van der Waals surface area contributed by atoms with Crippen LogP contribution < -0.4 is 10.2 Å². The summed E-state index contributed by atoms with van der Waals surface area (Å²) in [6, 6.07) is 0.572. The van der Waals surface area contributed by atoms with E-state index in [1.54, 1.807) is 0 Å². The Morgan fingerprint density at radius 1 is 1.29 bits per heavy atom.